The van der Waals surface area contributed by atoms with E-state index in [2.05, 4.69) is 20.7 Å². The molecule has 3 aromatic carbocycles. The van der Waals surface area contributed by atoms with E-state index in [0.29, 0.717) is 22.9 Å². The van der Waals surface area contributed by atoms with E-state index in [4.69, 9.17) is 9.88 Å². The lowest BCUT2D eigenvalue weighted by Gasteiger charge is -2.07. The van der Waals surface area contributed by atoms with E-state index in [0.717, 1.165) is 5.56 Å². The third-order valence-corrected chi connectivity index (χ3v) is 5.53. The van der Waals surface area contributed by atoms with E-state index in [9.17, 15) is 13.2 Å². The normalized spacial score (nSPS) is 11.1. The Morgan fingerprint density at radius 3 is 2.36 bits per heavy atom. The van der Waals surface area contributed by atoms with Crippen molar-refractivity contribution in [2.75, 3.05) is 17.7 Å². The zero-order chi connectivity index (χ0) is 23.4. The van der Waals surface area contributed by atoms with Crippen LogP contribution in [0.5, 0.6) is 5.75 Å². The van der Waals surface area contributed by atoms with E-state index in [1.807, 2.05) is 48.5 Å². The molecule has 33 heavy (non-hydrogen) atoms. The highest BCUT2D eigenvalue weighted by molar-refractivity contribution is 7.89. The van der Waals surface area contributed by atoms with Crippen molar-refractivity contribution >= 4 is 27.7 Å². The van der Waals surface area contributed by atoms with E-state index in [1.54, 1.807) is 17.9 Å². The number of nitrogens with one attached hydrogen (secondary N) is 2. The fourth-order valence-corrected chi connectivity index (χ4v) is 3.57. The number of nitrogens with two attached hydrogens (primary N) is 1. The minimum Gasteiger partial charge on any atom is -0.497 e. The first-order valence-corrected chi connectivity index (χ1v) is 11.3. The minimum absolute atomic E-state index is 0.0559. The number of carbonyl (C=O) groups is 1. The van der Waals surface area contributed by atoms with Crippen LogP contribution in [0.1, 0.15) is 0 Å². The number of carbonyl (C=O) groups excluding carboxylic acids is 1. The predicted molar refractivity (Wildman–Crippen MR) is 124 cm³/mol. The third-order valence-electron chi connectivity index (χ3n) is 4.60. The summed E-state index contributed by atoms with van der Waals surface area (Å²) in [6.07, 6.45) is 0. The maximum absolute atomic E-state index is 12.5. The van der Waals surface area contributed by atoms with Crippen LogP contribution in [-0.4, -0.2) is 36.3 Å². The smallest absolute Gasteiger partial charge is 0.326 e. The Labute approximate surface area is 190 Å². The Morgan fingerprint density at radius 1 is 0.970 bits per heavy atom. The molecule has 10 nitrogen and oxygen atoms in total. The number of urea groups is 1. The lowest BCUT2D eigenvalue weighted by Crippen LogP contribution is -2.20. The SMILES string of the molecule is COc1cccc(-n2nc(NC(=O)Nc3ccc(S(N)(=O)=O)cc3)nc2-c2ccccc2)c1. The number of amides is 2. The number of rotatable bonds is 6. The molecule has 1 aromatic heterocycles. The van der Waals surface area contributed by atoms with E-state index < -0.39 is 16.1 Å². The van der Waals surface area contributed by atoms with Gasteiger partial charge in [-0.2, -0.15) is 4.98 Å². The molecule has 0 fully saturated rings. The number of primary sulfonamides is 1. The fraction of sp³-hybridized carbons (Fsp3) is 0.0455. The Balaban J connectivity index is 1.60. The second-order valence-corrected chi connectivity index (χ2v) is 8.45. The van der Waals surface area contributed by atoms with Gasteiger partial charge in [-0.3, -0.25) is 5.32 Å². The van der Waals surface area contributed by atoms with Gasteiger partial charge in [0.15, 0.2) is 5.82 Å². The summed E-state index contributed by atoms with van der Waals surface area (Å²) in [4.78, 5) is 16.9. The van der Waals surface area contributed by atoms with Crippen LogP contribution in [-0.2, 0) is 10.0 Å². The number of ether oxygens (including phenoxy) is 1. The summed E-state index contributed by atoms with van der Waals surface area (Å²) in [7, 11) is -2.24. The molecule has 11 heteroatoms. The molecule has 0 aliphatic carbocycles. The van der Waals surface area contributed by atoms with Gasteiger partial charge in [0, 0.05) is 17.3 Å². The van der Waals surface area contributed by atoms with Gasteiger partial charge in [-0.05, 0) is 36.4 Å². The van der Waals surface area contributed by atoms with Gasteiger partial charge in [-0.1, -0.05) is 36.4 Å². The number of methoxy groups -OCH3 is 1. The Morgan fingerprint density at radius 2 is 1.70 bits per heavy atom. The highest BCUT2D eigenvalue weighted by atomic mass is 32.2. The van der Waals surface area contributed by atoms with Crippen molar-refractivity contribution in [2.24, 2.45) is 5.14 Å². The van der Waals surface area contributed by atoms with Crippen LogP contribution in [0.25, 0.3) is 17.1 Å². The minimum atomic E-state index is -3.82. The topological polar surface area (TPSA) is 141 Å². The second kappa shape index (κ2) is 9.10. The molecule has 0 saturated heterocycles. The Bertz CT molecular complexity index is 1390. The van der Waals surface area contributed by atoms with E-state index in [-0.39, 0.29) is 10.8 Å². The van der Waals surface area contributed by atoms with Crippen LogP contribution in [0.3, 0.4) is 0 Å². The number of nitrogens with zero attached hydrogens (tertiary/aromatic N) is 3. The standard InChI is InChI=1S/C22H20N6O4S/c1-32-18-9-5-8-17(14-18)28-20(15-6-3-2-4-7-15)25-21(27-28)26-22(29)24-16-10-12-19(13-11-16)33(23,30)31/h2-14H,1H3,(H2,23,30,31)(H2,24,26,27,29). The van der Waals surface area contributed by atoms with Crippen molar-refractivity contribution in [3.05, 3.63) is 78.9 Å². The van der Waals surface area contributed by atoms with Crippen molar-refractivity contribution < 1.29 is 17.9 Å². The van der Waals surface area contributed by atoms with Gasteiger partial charge in [0.2, 0.25) is 10.0 Å². The summed E-state index contributed by atoms with van der Waals surface area (Å²) in [6.45, 7) is 0. The monoisotopic (exact) mass is 464 g/mol. The Kier molecular flexibility index (Phi) is 6.07. The van der Waals surface area contributed by atoms with Crippen molar-refractivity contribution in [3.63, 3.8) is 0 Å². The maximum Gasteiger partial charge on any atom is 0.326 e. The molecule has 0 aliphatic heterocycles. The summed E-state index contributed by atoms with van der Waals surface area (Å²) in [5, 5.41) is 14.7. The average Bonchev–Trinajstić information content (AvgIpc) is 3.23. The molecule has 4 aromatic rings. The molecule has 0 saturated carbocycles. The number of anilines is 2. The molecule has 2 amide bonds. The molecule has 4 N–H and O–H groups in total. The van der Waals surface area contributed by atoms with Crippen molar-refractivity contribution in [3.8, 4) is 22.8 Å². The van der Waals surface area contributed by atoms with Crippen molar-refractivity contribution in [2.45, 2.75) is 4.90 Å². The van der Waals surface area contributed by atoms with Crippen LogP contribution in [0.4, 0.5) is 16.4 Å². The molecule has 0 unspecified atom stereocenters. The molecule has 1 heterocycles. The molecule has 0 aliphatic rings. The Hall–Kier alpha value is -4.22. The highest BCUT2D eigenvalue weighted by Crippen LogP contribution is 2.25. The first-order chi connectivity index (χ1) is 15.8. The van der Waals surface area contributed by atoms with E-state index >= 15 is 0 Å². The number of hydrogen-bond acceptors (Lipinski definition) is 6. The first-order valence-electron chi connectivity index (χ1n) is 9.71. The fourth-order valence-electron chi connectivity index (χ4n) is 3.05. The van der Waals surface area contributed by atoms with E-state index in [1.165, 1.54) is 24.3 Å². The lowest BCUT2D eigenvalue weighted by molar-refractivity contribution is 0.262. The third kappa shape index (κ3) is 5.17. The maximum atomic E-state index is 12.5. The summed E-state index contributed by atoms with van der Waals surface area (Å²) in [5.74, 6) is 1.25. The van der Waals surface area contributed by atoms with Gasteiger partial charge in [-0.25, -0.2) is 23.0 Å². The molecular formula is C22H20N6O4S. The van der Waals surface area contributed by atoms with Crippen LogP contribution in [0.15, 0.2) is 83.8 Å². The number of aromatic nitrogens is 3. The molecular weight excluding hydrogens is 444 g/mol. The molecule has 0 atom stereocenters. The molecule has 0 spiro atoms. The molecule has 0 bridgehead atoms. The second-order valence-electron chi connectivity index (χ2n) is 6.89. The van der Waals surface area contributed by atoms with Crippen molar-refractivity contribution in [1.82, 2.24) is 14.8 Å². The largest absolute Gasteiger partial charge is 0.497 e. The van der Waals surface area contributed by atoms with Gasteiger partial charge in [-0.15, -0.1) is 5.10 Å². The number of hydrogen-bond donors (Lipinski definition) is 3. The quantitative estimate of drug-likeness (QED) is 0.400. The van der Waals surface area contributed by atoms with Crippen LogP contribution < -0.4 is 20.5 Å². The zero-order valence-corrected chi connectivity index (χ0v) is 18.3. The summed E-state index contributed by atoms with van der Waals surface area (Å²) < 4.78 is 29.6. The van der Waals surface area contributed by atoms with Crippen LogP contribution in [0.2, 0.25) is 0 Å². The van der Waals surface area contributed by atoms with Gasteiger partial charge in [0.1, 0.15) is 5.75 Å². The van der Waals surface area contributed by atoms with Crippen molar-refractivity contribution in [1.29, 1.82) is 0 Å². The molecule has 0 radical (unpaired) electrons. The van der Waals surface area contributed by atoms with Gasteiger partial charge in [0.05, 0.1) is 17.7 Å². The molecule has 168 valence electrons. The van der Waals surface area contributed by atoms with Gasteiger partial charge in [0.25, 0.3) is 5.95 Å². The predicted octanol–water partition coefficient (Wildman–Crippen LogP) is 3.23. The van der Waals surface area contributed by atoms with Crippen LogP contribution in [0, 0.1) is 0 Å². The molecule has 4 rings (SSSR count). The highest BCUT2D eigenvalue weighted by Gasteiger charge is 2.16. The van der Waals surface area contributed by atoms with Gasteiger partial charge >= 0.3 is 6.03 Å². The summed E-state index contributed by atoms with van der Waals surface area (Å²) >= 11 is 0. The lowest BCUT2D eigenvalue weighted by atomic mass is 10.2. The zero-order valence-electron chi connectivity index (χ0n) is 17.5. The number of benzene rings is 3. The first kappa shape index (κ1) is 22.0. The van der Waals surface area contributed by atoms with Gasteiger partial charge < -0.3 is 10.1 Å². The van der Waals surface area contributed by atoms with Crippen LogP contribution >= 0.6 is 0 Å². The summed E-state index contributed by atoms with van der Waals surface area (Å²) in [5.41, 5.74) is 1.88. The number of sulfonamides is 1. The average molecular weight is 465 g/mol. The summed E-state index contributed by atoms with van der Waals surface area (Å²) in [6, 6.07) is 21.6.